The van der Waals surface area contributed by atoms with Crippen LogP contribution in [0.5, 0.6) is 0 Å². The second-order valence-electron chi connectivity index (χ2n) is 6.09. The third-order valence-corrected chi connectivity index (χ3v) is 4.30. The Morgan fingerprint density at radius 1 is 1.12 bits per heavy atom. The highest BCUT2D eigenvalue weighted by atomic mass is 19.4. The first-order valence-corrected chi connectivity index (χ1v) is 8.15. The smallest absolute Gasteiger partial charge is 0.370 e. The molecule has 0 bridgehead atoms. The third-order valence-electron chi connectivity index (χ3n) is 4.30. The van der Waals surface area contributed by atoms with E-state index in [9.17, 15) is 13.2 Å². The molecule has 1 aliphatic heterocycles. The molecule has 4 rings (SSSR count). The summed E-state index contributed by atoms with van der Waals surface area (Å²) in [6, 6.07) is 9.11. The highest BCUT2D eigenvalue weighted by Gasteiger charge is 2.36. The molecule has 9 heteroatoms. The largest absolute Gasteiger partial charge is 0.416 e. The summed E-state index contributed by atoms with van der Waals surface area (Å²) >= 11 is 0. The maximum Gasteiger partial charge on any atom is 0.416 e. The second-order valence-corrected chi connectivity index (χ2v) is 6.09. The number of alkyl halides is 3. The zero-order valence-electron chi connectivity index (χ0n) is 13.9. The van der Waals surface area contributed by atoms with Gasteiger partial charge in [0.1, 0.15) is 11.9 Å². The molecule has 136 valence electrons. The number of aryl methyl sites for hydroxylation is 1. The highest BCUT2D eigenvalue weighted by Crippen LogP contribution is 2.37. The number of hydrogen-bond acceptors (Lipinski definition) is 5. The number of rotatable bonds is 2. The van der Waals surface area contributed by atoms with Gasteiger partial charge in [0, 0.05) is 13.1 Å². The number of halogens is 3. The number of aromatic nitrogens is 4. The van der Waals surface area contributed by atoms with Crippen LogP contribution in [0.25, 0.3) is 5.65 Å². The van der Waals surface area contributed by atoms with Crippen LogP contribution in [-0.2, 0) is 10.9 Å². The summed E-state index contributed by atoms with van der Waals surface area (Å²) in [5, 5.41) is 8.59. The van der Waals surface area contributed by atoms with E-state index in [1.165, 1.54) is 16.8 Å². The van der Waals surface area contributed by atoms with Crippen molar-refractivity contribution < 1.29 is 17.9 Å². The average Bonchev–Trinajstić information content (AvgIpc) is 3.00. The van der Waals surface area contributed by atoms with Gasteiger partial charge in [-0.3, -0.25) is 0 Å². The molecule has 3 aromatic rings. The predicted molar refractivity (Wildman–Crippen MR) is 87.9 cm³/mol. The Balaban J connectivity index is 1.63. The van der Waals surface area contributed by atoms with Gasteiger partial charge in [-0.05, 0) is 30.7 Å². The Bertz CT molecular complexity index is 940. The molecule has 2 aromatic heterocycles. The number of nitrogens with zero attached hydrogens (tertiary/aromatic N) is 5. The van der Waals surface area contributed by atoms with Crippen molar-refractivity contribution in [1.82, 2.24) is 19.8 Å². The molecular weight excluding hydrogens is 347 g/mol. The van der Waals surface area contributed by atoms with E-state index in [-0.39, 0.29) is 12.1 Å². The van der Waals surface area contributed by atoms with Gasteiger partial charge in [-0.25, -0.2) is 4.98 Å². The quantitative estimate of drug-likeness (QED) is 0.701. The van der Waals surface area contributed by atoms with Crippen LogP contribution in [0.4, 0.5) is 19.0 Å². The average molecular weight is 363 g/mol. The maximum absolute atomic E-state index is 13.3. The molecule has 0 N–H and O–H groups in total. The van der Waals surface area contributed by atoms with E-state index in [2.05, 4.69) is 15.2 Å². The van der Waals surface area contributed by atoms with Crippen molar-refractivity contribution >= 4 is 11.5 Å². The van der Waals surface area contributed by atoms with Crippen LogP contribution in [0.2, 0.25) is 0 Å². The lowest BCUT2D eigenvalue weighted by molar-refractivity contribution is -0.139. The van der Waals surface area contributed by atoms with Crippen molar-refractivity contribution in [2.24, 2.45) is 0 Å². The number of benzene rings is 1. The highest BCUT2D eigenvalue weighted by molar-refractivity contribution is 5.46. The van der Waals surface area contributed by atoms with Gasteiger partial charge in [0.05, 0.1) is 12.2 Å². The van der Waals surface area contributed by atoms with Crippen LogP contribution in [0, 0.1) is 6.92 Å². The first kappa shape index (κ1) is 16.8. The van der Waals surface area contributed by atoms with Gasteiger partial charge < -0.3 is 9.64 Å². The van der Waals surface area contributed by atoms with Crippen molar-refractivity contribution in [3.05, 3.63) is 53.3 Å². The minimum absolute atomic E-state index is 0.141. The van der Waals surface area contributed by atoms with Crippen LogP contribution < -0.4 is 4.90 Å². The molecule has 1 atom stereocenters. The van der Waals surface area contributed by atoms with Crippen LogP contribution in [0.15, 0.2) is 36.4 Å². The van der Waals surface area contributed by atoms with Crippen molar-refractivity contribution in [2.45, 2.75) is 19.2 Å². The van der Waals surface area contributed by atoms with Crippen molar-refractivity contribution in [3.8, 4) is 0 Å². The van der Waals surface area contributed by atoms with Crippen LogP contribution in [0.1, 0.15) is 23.1 Å². The van der Waals surface area contributed by atoms with Crippen LogP contribution >= 0.6 is 0 Å². The summed E-state index contributed by atoms with van der Waals surface area (Å²) in [5.74, 6) is 1.23. The standard InChI is InChI=1S/C17H16F3N5O/c1-11-21-15-6-7-16(23-25(15)22-11)24-8-9-26-14(10-24)12-4-2-3-5-13(12)17(18,19)20/h2-7,14H,8-10H2,1H3. The zero-order chi connectivity index (χ0) is 18.3. The Hall–Kier alpha value is -2.68. The van der Waals surface area contributed by atoms with Gasteiger partial charge >= 0.3 is 6.18 Å². The number of fused-ring (bicyclic) bond motifs is 1. The molecule has 0 spiro atoms. The van der Waals surface area contributed by atoms with E-state index < -0.39 is 17.8 Å². The van der Waals surface area contributed by atoms with Gasteiger partial charge in [-0.15, -0.1) is 14.8 Å². The molecule has 1 fully saturated rings. The molecule has 1 unspecified atom stereocenters. The predicted octanol–water partition coefficient (Wildman–Crippen LogP) is 3.03. The van der Waals surface area contributed by atoms with Gasteiger partial charge in [0.15, 0.2) is 11.5 Å². The van der Waals surface area contributed by atoms with E-state index in [0.717, 1.165) is 6.07 Å². The lowest BCUT2D eigenvalue weighted by atomic mass is 10.0. The second kappa shape index (κ2) is 6.24. The van der Waals surface area contributed by atoms with E-state index in [1.54, 1.807) is 25.1 Å². The van der Waals surface area contributed by atoms with E-state index in [4.69, 9.17) is 4.74 Å². The molecule has 1 saturated heterocycles. The fraction of sp³-hybridized carbons (Fsp3) is 0.353. The first-order chi connectivity index (χ1) is 12.4. The lowest BCUT2D eigenvalue weighted by Gasteiger charge is -2.34. The Labute approximate surface area is 147 Å². The van der Waals surface area contributed by atoms with E-state index >= 15 is 0 Å². The maximum atomic E-state index is 13.3. The fourth-order valence-electron chi connectivity index (χ4n) is 3.13. The Kier molecular flexibility index (Phi) is 4.03. The van der Waals surface area contributed by atoms with Crippen molar-refractivity contribution in [1.29, 1.82) is 0 Å². The molecule has 1 aliphatic rings. The summed E-state index contributed by atoms with van der Waals surface area (Å²) in [6.07, 6.45) is -5.10. The minimum Gasteiger partial charge on any atom is -0.370 e. The summed E-state index contributed by atoms with van der Waals surface area (Å²) in [5.41, 5.74) is 0.100. The van der Waals surface area contributed by atoms with Gasteiger partial charge in [0.2, 0.25) is 0 Å². The molecule has 26 heavy (non-hydrogen) atoms. The minimum atomic E-state index is -4.42. The summed E-state index contributed by atoms with van der Waals surface area (Å²) in [7, 11) is 0. The van der Waals surface area contributed by atoms with Crippen LogP contribution in [0.3, 0.4) is 0 Å². The zero-order valence-corrected chi connectivity index (χ0v) is 13.9. The molecule has 0 saturated carbocycles. The molecule has 0 amide bonds. The molecule has 3 heterocycles. The normalized spacial score (nSPS) is 18.5. The van der Waals surface area contributed by atoms with Gasteiger partial charge in [-0.1, -0.05) is 18.2 Å². The Morgan fingerprint density at radius 3 is 2.73 bits per heavy atom. The molecule has 0 radical (unpaired) electrons. The molecule has 0 aliphatic carbocycles. The number of ether oxygens (including phenoxy) is 1. The molecule has 6 nitrogen and oxygen atoms in total. The molecular formula is C17H16F3N5O. The summed E-state index contributed by atoms with van der Waals surface area (Å²) in [6.45, 7) is 2.90. The van der Waals surface area contributed by atoms with Crippen LogP contribution in [-0.4, -0.2) is 39.5 Å². The Morgan fingerprint density at radius 2 is 1.92 bits per heavy atom. The SMILES string of the molecule is Cc1nc2ccc(N3CCOC(c4ccccc4C(F)(F)F)C3)nn2n1. The third kappa shape index (κ3) is 3.10. The topological polar surface area (TPSA) is 55.5 Å². The van der Waals surface area contributed by atoms with Gasteiger partial charge in [-0.2, -0.15) is 13.2 Å². The summed E-state index contributed by atoms with van der Waals surface area (Å²) < 4.78 is 47.0. The number of anilines is 1. The summed E-state index contributed by atoms with van der Waals surface area (Å²) in [4.78, 5) is 6.12. The monoisotopic (exact) mass is 363 g/mol. The van der Waals surface area contributed by atoms with E-state index in [1.807, 2.05) is 4.90 Å². The van der Waals surface area contributed by atoms with Gasteiger partial charge in [0.25, 0.3) is 0 Å². The number of morpholine rings is 1. The number of hydrogen-bond donors (Lipinski definition) is 0. The fourth-order valence-corrected chi connectivity index (χ4v) is 3.13. The van der Waals surface area contributed by atoms with E-state index in [0.29, 0.717) is 30.4 Å². The lowest BCUT2D eigenvalue weighted by Crippen LogP contribution is -2.39. The molecule has 1 aromatic carbocycles. The first-order valence-electron chi connectivity index (χ1n) is 8.15. The van der Waals surface area contributed by atoms with Crippen molar-refractivity contribution in [3.63, 3.8) is 0 Å². The van der Waals surface area contributed by atoms with Crippen molar-refractivity contribution in [2.75, 3.05) is 24.6 Å².